The van der Waals surface area contributed by atoms with Gasteiger partial charge in [0.25, 0.3) is 0 Å². The smallest absolute Gasteiger partial charge is 0.193 e. The van der Waals surface area contributed by atoms with E-state index in [0.29, 0.717) is 11.1 Å². The lowest BCUT2D eigenvalue weighted by Gasteiger charge is -2.06. The maximum atomic E-state index is 12.3. The van der Waals surface area contributed by atoms with Gasteiger partial charge in [-0.15, -0.1) is 0 Å². The van der Waals surface area contributed by atoms with Crippen molar-refractivity contribution in [1.29, 1.82) is 0 Å². The van der Waals surface area contributed by atoms with Crippen LogP contribution in [0, 0.1) is 6.92 Å². The summed E-state index contributed by atoms with van der Waals surface area (Å²) in [6.07, 6.45) is 1.78. The number of ketones is 1. The largest absolute Gasteiger partial charge is 0.289 e. The maximum Gasteiger partial charge on any atom is 0.193 e. The highest BCUT2D eigenvalue weighted by Gasteiger charge is 2.09. The number of hydrogen-bond acceptors (Lipinski definition) is 2. The Morgan fingerprint density at radius 3 is 2.14 bits per heavy atom. The summed E-state index contributed by atoms with van der Waals surface area (Å²) in [6, 6.07) is 20.9. The highest BCUT2D eigenvalue weighted by Crippen LogP contribution is 2.21. The van der Waals surface area contributed by atoms with E-state index < -0.39 is 0 Å². The quantitative estimate of drug-likeness (QED) is 0.666. The average molecular weight is 273 g/mol. The molecule has 0 fully saturated rings. The van der Waals surface area contributed by atoms with Crippen LogP contribution in [0.2, 0.25) is 0 Å². The first-order chi connectivity index (χ1) is 10.3. The van der Waals surface area contributed by atoms with Gasteiger partial charge in [0.15, 0.2) is 5.78 Å². The molecule has 0 aliphatic rings. The summed E-state index contributed by atoms with van der Waals surface area (Å²) in [7, 11) is 0. The van der Waals surface area contributed by atoms with Crippen LogP contribution in [-0.4, -0.2) is 10.8 Å². The van der Waals surface area contributed by atoms with Crippen LogP contribution in [0.5, 0.6) is 0 Å². The van der Waals surface area contributed by atoms with E-state index in [9.17, 15) is 4.79 Å². The molecule has 0 N–H and O–H groups in total. The van der Waals surface area contributed by atoms with E-state index in [1.54, 1.807) is 6.20 Å². The predicted octanol–water partition coefficient (Wildman–Crippen LogP) is 4.29. The van der Waals surface area contributed by atoms with Crippen molar-refractivity contribution in [3.8, 4) is 11.3 Å². The lowest BCUT2D eigenvalue weighted by molar-refractivity contribution is 0.103. The fourth-order valence-electron chi connectivity index (χ4n) is 2.32. The van der Waals surface area contributed by atoms with E-state index in [1.165, 1.54) is 0 Å². The highest BCUT2D eigenvalue weighted by atomic mass is 16.1. The topological polar surface area (TPSA) is 30.0 Å². The Kier molecular flexibility index (Phi) is 3.61. The number of hydrogen-bond donors (Lipinski definition) is 0. The van der Waals surface area contributed by atoms with Crippen LogP contribution in [0.25, 0.3) is 11.3 Å². The van der Waals surface area contributed by atoms with E-state index in [-0.39, 0.29) is 5.78 Å². The van der Waals surface area contributed by atoms with Gasteiger partial charge in [-0.05, 0) is 18.6 Å². The van der Waals surface area contributed by atoms with Gasteiger partial charge in [0.2, 0.25) is 0 Å². The molecule has 2 heteroatoms. The first-order valence-corrected chi connectivity index (χ1v) is 6.87. The summed E-state index contributed by atoms with van der Waals surface area (Å²) < 4.78 is 0. The molecule has 0 unspecified atom stereocenters. The molecule has 3 rings (SSSR count). The number of carbonyl (C=O) groups is 1. The molecule has 0 saturated carbocycles. The fourth-order valence-corrected chi connectivity index (χ4v) is 2.32. The first-order valence-electron chi connectivity index (χ1n) is 6.87. The van der Waals surface area contributed by atoms with Gasteiger partial charge in [-0.2, -0.15) is 0 Å². The molecular weight excluding hydrogens is 258 g/mol. The molecule has 0 radical (unpaired) electrons. The number of aromatic nitrogens is 1. The maximum absolute atomic E-state index is 12.3. The Labute approximate surface area is 124 Å². The third kappa shape index (κ3) is 2.75. The van der Waals surface area contributed by atoms with E-state index >= 15 is 0 Å². The third-order valence-electron chi connectivity index (χ3n) is 3.47. The molecule has 102 valence electrons. The standard InChI is InChI=1S/C19H15NO/c1-14-6-5-13-20-18(14)15-9-11-17(12-10-15)19(21)16-7-3-2-4-8-16/h2-13H,1H3. The monoisotopic (exact) mass is 273 g/mol. The van der Waals surface area contributed by atoms with Crippen molar-refractivity contribution < 1.29 is 4.79 Å². The van der Waals surface area contributed by atoms with Crippen LogP contribution in [0.15, 0.2) is 72.9 Å². The van der Waals surface area contributed by atoms with Crippen LogP contribution in [0.4, 0.5) is 0 Å². The van der Waals surface area contributed by atoms with E-state index in [2.05, 4.69) is 4.98 Å². The molecule has 21 heavy (non-hydrogen) atoms. The molecule has 0 aliphatic carbocycles. The summed E-state index contributed by atoms with van der Waals surface area (Å²) in [5, 5.41) is 0. The second kappa shape index (κ2) is 5.71. The van der Waals surface area contributed by atoms with E-state index in [1.807, 2.05) is 73.7 Å². The molecule has 1 aromatic heterocycles. The zero-order valence-electron chi connectivity index (χ0n) is 11.8. The van der Waals surface area contributed by atoms with Gasteiger partial charge in [0.1, 0.15) is 0 Å². The van der Waals surface area contributed by atoms with Crippen LogP contribution in [0.3, 0.4) is 0 Å². The van der Waals surface area contributed by atoms with Gasteiger partial charge in [-0.25, -0.2) is 0 Å². The number of aryl methyl sites for hydroxylation is 1. The van der Waals surface area contributed by atoms with Crippen molar-refractivity contribution in [3.63, 3.8) is 0 Å². The average Bonchev–Trinajstić information content (AvgIpc) is 2.56. The van der Waals surface area contributed by atoms with Crippen molar-refractivity contribution >= 4 is 5.78 Å². The van der Waals surface area contributed by atoms with Crippen molar-refractivity contribution in [2.75, 3.05) is 0 Å². The van der Waals surface area contributed by atoms with Gasteiger partial charge >= 0.3 is 0 Å². The Hall–Kier alpha value is -2.74. The van der Waals surface area contributed by atoms with Crippen LogP contribution >= 0.6 is 0 Å². The fraction of sp³-hybridized carbons (Fsp3) is 0.0526. The van der Waals surface area contributed by atoms with Gasteiger partial charge in [0, 0.05) is 22.9 Å². The molecule has 0 spiro atoms. The molecule has 2 aromatic carbocycles. The number of rotatable bonds is 3. The molecule has 0 amide bonds. The lowest BCUT2D eigenvalue weighted by Crippen LogP contribution is -2.00. The van der Waals surface area contributed by atoms with Crippen LogP contribution < -0.4 is 0 Å². The Morgan fingerprint density at radius 1 is 0.810 bits per heavy atom. The SMILES string of the molecule is Cc1cccnc1-c1ccc(C(=O)c2ccccc2)cc1. The molecule has 0 aliphatic heterocycles. The highest BCUT2D eigenvalue weighted by molar-refractivity contribution is 6.09. The summed E-state index contributed by atoms with van der Waals surface area (Å²) in [5.74, 6) is 0.0416. The predicted molar refractivity (Wildman–Crippen MR) is 84.3 cm³/mol. The molecule has 0 saturated heterocycles. The number of nitrogens with zero attached hydrogens (tertiary/aromatic N) is 1. The third-order valence-corrected chi connectivity index (χ3v) is 3.47. The second-order valence-electron chi connectivity index (χ2n) is 4.94. The molecule has 3 aromatic rings. The molecule has 0 atom stereocenters. The number of benzene rings is 2. The minimum atomic E-state index is 0.0416. The molecule has 1 heterocycles. The first kappa shape index (κ1) is 13.3. The lowest BCUT2D eigenvalue weighted by atomic mass is 10.00. The van der Waals surface area contributed by atoms with Crippen molar-refractivity contribution in [1.82, 2.24) is 4.98 Å². The van der Waals surface area contributed by atoms with Crippen molar-refractivity contribution in [3.05, 3.63) is 89.6 Å². The second-order valence-corrected chi connectivity index (χ2v) is 4.94. The number of pyridine rings is 1. The summed E-state index contributed by atoms with van der Waals surface area (Å²) >= 11 is 0. The van der Waals surface area contributed by atoms with Crippen molar-refractivity contribution in [2.45, 2.75) is 6.92 Å². The zero-order chi connectivity index (χ0) is 14.7. The minimum Gasteiger partial charge on any atom is -0.289 e. The van der Waals surface area contributed by atoms with Gasteiger partial charge in [-0.1, -0.05) is 60.7 Å². The zero-order valence-corrected chi connectivity index (χ0v) is 11.8. The molecule has 0 bridgehead atoms. The van der Waals surface area contributed by atoms with Crippen LogP contribution in [0.1, 0.15) is 21.5 Å². The normalized spacial score (nSPS) is 10.3. The van der Waals surface area contributed by atoms with E-state index in [0.717, 1.165) is 16.8 Å². The Bertz CT molecular complexity index is 761. The minimum absolute atomic E-state index is 0.0416. The van der Waals surface area contributed by atoms with Crippen molar-refractivity contribution in [2.24, 2.45) is 0 Å². The Balaban J connectivity index is 1.92. The summed E-state index contributed by atoms with van der Waals surface area (Å²) in [5.41, 5.74) is 4.51. The summed E-state index contributed by atoms with van der Waals surface area (Å²) in [4.78, 5) is 16.7. The molecular formula is C19H15NO. The number of carbonyl (C=O) groups excluding carboxylic acids is 1. The summed E-state index contributed by atoms with van der Waals surface area (Å²) in [6.45, 7) is 2.03. The van der Waals surface area contributed by atoms with Gasteiger partial charge < -0.3 is 0 Å². The Morgan fingerprint density at radius 2 is 1.48 bits per heavy atom. The van der Waals surface area contributed by atoms with Gasteiger partial charge in [0.05, 0.1) is 5.69 Å². The van der Waals surface area contributed by atoms with Gasteiger partial charge in [-0.3, -0.25) is 9.78 Å². The molecule has 2 nitrogen and oxygen atoms in total. The van der Waals surface area contributed by atoms with Crippen LogP contribution in [-0.2, 0) is 0 Å². The van der Waals surface area contributed by atoms with E-state index in [4.69, 9.17) is 0 Å².